The summed E-state index contributed by atoms with van der Waals surface area (Å²) in [4.78, 5) is 18.3. The van der Waals surface area contributed by atoms with Crippen LogP contribution in [0.25, 0.3) is 5.69 Å². The molecule has 0 saturated carbocycles. The Morgan fingerprint density at radius 2 is 2.17 bits per heavy atom. The van der Waals surface area contributed by atoms with E-state index in [4.69, 9.17) is 4.74 Å². The highest BCUT2D eigenvalue weighted by atomic mass is 32.2. The third-order valence-corrected chi connectivity index (χ3v) is 4.53. The quantitative estimate of drug-likeness (QED) is 0.550. The van der Waals surface area contributed by atoms with E-state index in [1.165, 1.54) is 17.3 Å². The SMILES string of the molecule is COCCCN(C)C(=O)CSc1nccn1-c1ccccc1C. The molecule has 1 heterocycles. The molecule has 23 heavy (non-hydrogen) atoms. The van der Waals surface area contributed by atoms with E-state index in [9.17, 15) is 4.79 Å². The van der Waals surface area contributed by atoms with Gasteiger partial charge in [0.25, 0.3) is 0 Å². The zero-order valence-electron chi connectivity index (χ0n) is 13.9. The first-order chi connectivity index (χ1) is 11.1. The van der Waals surface area contributed by atoms with Crippen LogP contribution in [0.4, 0.5) is 0 Å². The fourth-order valence-corrected chi connectivity index (χ4v) is 3.13. The van der Waals surface area contributed by atoms with E-state index in [0.717, 1.165) is 17.3 Å². The Labute approximate surface area is 141 Å². The smallest absolute Gasteiger partial charge is 0.232 e. The summed E-state index contributed by atoms with van der Waals surface area (Å²) < 4.78 is 7.04. The number of hydrogen-bond acceptors (Lipinski definition) is 4. The van der Waals surface area contributed by atoms with E-state index in [-0.39, 0.29) is 5.91 Å². The van der Waals surface area contributed by atoms with Gasteiger partial charge in [0.15, 0.2) is 5.16 Å². The number of thioether (sulfide) groups is 1. The lowest BCUT2D eigenvalue weighted by molar-refractivity contribution is -0.127. The molecule has 0 aliphatic heterocycles. The van der Waals surface area contributed by atoms with Crippen LogP contribution in [0.1, 0.15) is 12.0 Å². The van der Waals surface area contributed by atoms with Gasteiger partial charge in [-0.3, -0.25) is 9.36 Å². The summed E-state index contributed by atoms with van der Waals surface area (Å²) in [5.41, 5.74) is 2.27. The Kier molecular flexibility index (Phi) is 6.67. The van der Waals surface area contributed by atoms with Gasteiger partial charge in [0, 0.05) is 39.7 Å². The summed E-state index contributed by atoms with van der Waals surface area (Å²) in [6, 6.07) is 8.14. The number of imidazole rings is 1. The number of ether oxygens (including phenoxy) is 1. The van der Waals surface area contributed by atoms with Gasteiger partial charge >= 0.3 is 0 Å². The summed E-state index contributed by atoms with van der Waals surface area (Å²) in [5.74, 6) is 0.484. The lowest BCUT2D eigenvalue weighted by atomic mass is 10.2. The van der Waals surface area contributed by atoms with Crippen molar-refractivity contribution < 1.29 is 9.53 Å². The summed E-state index contributed by atoms with van der Waals surface area (Å²) >= 11 is 1.46. The van der Waals surface area contributed by atoms with Crippen LogP contribution in [0, 0.1) is 6.92 Å². The van der Waals surface area contributed by atoms with Crippen molar-refractivity contribution in [2.75, 3.05) is 33.1 Å². The maximum atomic E-state index is 12.2. The second-order valence-electron chi connectivity index (χ2n) is 5.32. The van der Waals surface area contributed by atoms with Crippen molar-refractivity contribution in [1.29, 1.82) is 0 Å². The van der Waals surface area contributed by atoms with Gasteiger partial charge in [-0.25, -0.2) is 4.98 Å². The molecular formula is C17H23N3O2S. The van der Waals surface area contributed by atoms with Gasteiger partial charge in [0.1, 0.15) is 0 Å². The van der Waals surface area contributed by atoms with Gasteiger partial charge in [-0.2, -0.15) is 0 Å². The summed E-state index contributed by atoms with van der Waals surface area (Å²) in [5, 5.41) is 0.831. The van der Waals surface area contributed by atoms with Crippen molar-refractivity contribution in [2.45, 2.75) is 18.5 Å². The van der Waals surface area contributed by atoms with Crippen molar-refractivity contribution in [3.8, 4) is 5.69 Å². The highest BCUT2D eigenvalue weighted by Gasteiger charge is 2.13. The molecule has 2 aromatic rings. The molecule has 1 amide bonds. The highest BCUT2D eigenvalue weighted by Crippen LogP contribution is 2.22. The largest absolute Gasteiger partial charge is 0.385 e. The van der Waals surface area contributed by atoms with Crippen LogP contribution in [-0.2, 0) is 9.53 Å². The van der Waals surface area contributed by atoms with Gasteiger partial charge in [-0.1, -0.05) is 30.0 Å². The van der Waals surface area contributed by atoms with Crippen molar-refractivity contribution in [1.82, 2.24) is 14.5 Å². The Morgan fingerprint density at radius 1 is 1.39 bits per heavy atom. The average Bonchev–Trinajstić information content (AvgIpc) is 3.01. The number of nitrogens with zero attached hydrogens (tertiary/aromatic N) is 3. The van der Waals surface area contributed by atoms with Crippen LogP contribution in [0.2, 0.25) is 0 Å². The van der Waals surface area contributed by atoms with Crippen molar-refractivity contribution >= 4 is 17.7 Å². The molecule has 1 aromatic carbocycles. The van der Waals surface area contributed by atoms with Crippen LogP contribution in [0.3, 0.4) is 0 Å². The predicted octanol–water partition coefficient (Wildman–Crippen LogP) is 2.77. The van der Waals surface area contributed by atoms with Crippen LogP contribution >= 0.6 is 11.8 Å². The zero-order chi connectivity index (χ0) is 16.7. The maximum Gasteiger partial charge on any atom is 0.232 e. The van der Waals surface area contributed by atoms with E-state index in [1.54, 1.807) is 18.2 Å². The number of benzene rings is 1. The molecule has 0 saturated heterocycles. The van der Waals surface area contributed by atoms with E-state index in [2.05, 4.69) is 24.0 Å². The molecule has 0 aliphatic carbocycles. The number of carbonyl (C=O) groups is 1. The lowest BCUT2D eigenvalue weighted by Crippen LogP contribution is -2.29. The molecule has 0 aliphatic rings. The fourth-order valence-electron chi connectivity index (χ4n) is 2.22. The molecule has 1 aromatic heterocycles. The topological polar surface area (TPSA) is 47.4 Å². The molecule has 0 atom stereocenters. The highest BCUT2D eigenvalue weighted by molar-refractivity contribution is 7.99. The van der Waals surface area contributed by atoms with Crippen molar-refractivity contribution in [3.63, 3.8) is 0 Å². The first kappa shape index (κ1) is 17.6. The molecule has 2 rings (SSSR count). The van der Waals surface area contributed by atoms with Crippen LogP contribution in [-0.4, -0.2) is 53.4 Å². The first-order valence-corrected chi connectivity index (χ1v) is 8.57. The monoisotopic (exact) mass is 333 g/mol. The Bertz CT molecular complexity index is 642. The van der Waals surface area contributed by atoms with Gasteiger partial charge in [0.2, 0.25) is 5.91 Å². The minimum atomic E-state index is 0.102. The Balaban J connectivity index is 1.96. The fraction of sp³-hybridized carbons (Fsp3) is 0.412. The number of methoxy groups -OCH3 is 1. The molecule has 0 fully saturated rings. The maximum absolute atomic E-state index is 12.2. The van der Waals surface area contributed by atoms with E-state index in [0.29, 0.717) is 18.9 Å². The first-order valence-electron chi connectivity index (χ1n) is 7.58. The van der Waals surface area contributed by atoms with Crippen LogP contribution in [0.5, 0.6) is 0 Å². The number of rotatable bonds is 8. The zero-order valence-corrected chi connectivity index (χ0v) is 14.7. The molecular weight excluding hydrogens is 310 g/mol. The third kappa shape index (κ3) is 4.84. The number of carbonyl (C=O) groups excluding carboxylic acids is 1. The number of hydrogen-bond donors (Lipinski definition) is 0. The summed E-state index contributed by atoms with van der Waals surface area (Å²) in [6.07, 6.45) is 4.54. The second kappa shape index (κ2) is 8.74. The minimum absolute atomic E-state index is 0.102. The Morgan fingerprint density at radius 3 is 2.91 bits per heavy atom. The normalized spacial score (nSPS) is 10.7. The second-order valence-corrected chi connectivity index (χ2v) is 6.26. The number of amides is 1. The van der Waals surface area contributed by atoms with Crippen LogP contribution in [0.15, 0.2) is 41.8 Å². The lowest BCUT2D eigenvalue weighted by Gasteiger charge is -2.17. The molecule has 5 nitrogen and oxygen atoms in total. The molecule has 0 bridgehead atoms. The van der Waals surface area contributed by atoms with E-state index in [1.807, 2.05) is 29.9 Å². The van der Waals surface area contributed by atoms with Crippen molar-refractivity contribution in [2.24, 2.45) is 0 Å². The molecule has 6 heteroatoms. The van der Waals surface area contributed by atoms with E-state index < -0.39 is 0 Å². The molecule has 0 radical (unpaired) electrons. The molecule has 0 spiro atoms. The average molecular weight is 333 g/mol. The van der Waals surface area contributed by atoms with Crippen LogP contribution < -0.4 is 0 Å². The molecule has 124 valence electrons. The Hall–Kier alpha value is -1.79. The summed E-state index contributed by atoms with van der Waals surface area (Å²) in [7, 11) is 3.50. The predicted molar refractivity (Wildman–Crippen MR) is 93.2 cm³/mol. The van der Waals surface area contributed by atoms with Crippen molar-refractivity contribution in [3.05, 3.63) is 42.2 Å². The minimum Gasteiger partial charge on any atom is -0.385 e. The summed E-state index contributed by atoms with van der Waals surface area (Å²) in [6.45, 7) is 3.44. The molecule has 0 N–H and O–H groups in total. The number of aromatic nitrogens is 2. The van der Waals surface area contributed by atoms with Gasteiger partial charge < -0.3 is 9.64 Å². The standard InChI is InChI=1S/C17H23N3O2S/c1-14-7-4-5-8-15(14)20-11-9-18-17(20)23-13-16(21)19(2)10-6-12-22-3/h4-5,7-9,11H,6,10,12-13H2,1-3H3. The number of para-hydroxylation sites is 1. The number of aryl methyl sites for hydroxylation is 1. The third-order valence-electron chi connectivity index (χ3n) is 3.57. The van der Waals surface area contributed by atoms with Gasteiger partial charge in [-0.15, -0.1) is 0 Å². The van der Waals surface area contributed by atoms with E-state index >= 15 is 0 Å². The van der Waals surface area contributed by atoms with Gasteiger partial charge in [-0.05, 0) is 25.0 Å². The molecule has 0 unspecified atom stereocenters. The van der Waals surface area contributed by atoms with Gasteiger partial charge in [0.05, 0.1) is 11.4 Å².